The third-order valence-corrected chi connectivity index (χ3v) is 4.41. The predicted molar refractivity (Wildman–Crippen MR) is 100 cm³/mol. The van der Waals surface area contributed by atoms with E-state index in [0.29, 0.717) is 17.9 Å². The highest BCUT2D eigenvalue weighted by atomic mass is 16.5. The number of aryl methyl sites for hydroxylation is 2. The molecule has 1 atom stereocenters. The first-order valence-corrected chi connectivity index (χ1v) is 8.62. The molecule has 2 aromatic carbocycles. The van der Waals surface area contributed by atoms with Crippen molar-refractivity contribution < 1.29 is 14.3 Å². The molecule has 25 heavy (non-hydrogen) atoms. The van der Waals surface area contributed by atoms with Gasteiger partial charge in [-0.05, 0) is 68.7 Å². The summed E-state index contributed by atoms with van der Waals surface area (Å²) in [6.07, 6.45) is 0.893. The Balaban J connectivity index is 2.16. The third-order valence-electron chi connectivity index (χ3n) is 4.41. The largest absolute Gasteiger partial charge is 0.496 e. The van der Waals surface area contributed by atoms with E-state index in [4.69, 9.17) is 9.47 Å². The van der Waals surface area contributed by atoms with Crippen molar-refractivity contribution in [3.63, 3.8) is 0 Å². The minimum absolute atomic E-state index is 0.0792. The molecule has 0 aliphatic rings. The average molecular weight is 341 g/mol. The fourth-order valence-corrected chi connectivity index (χ4v) is 2.41. The molecular formula is C21H27NO3. The van der Waals surface area contributed by atoms with Gasteiger partial charge in [0.1, 0.15) is 18.1 Å². The zero-order valence-electron chi connectivity index (χ0n) is 15.7. The highest BCUT2D eigenvalue weighted by Gasteiger charge is 2.12. The van der Waals surface area contributed by atoms with Crippen molar-refractivity contribution in [3.05, 3.63) is 58.7 Å². The van der Waals surface area contributed by atoms with Gasteiger partial charge in [-0.25, -0.2) is 0 Å². The second kappa shape index (κ2) is 8.56. The van der Waals surface area contributed by atoms with Crippen molar-refractivity contribution in [2.24, 2.45) is 0 Å². The number of nitrogens with one attached hydrogen (secondary N) is 1. The lowest BCUT2D eigenvalue weighted by molar-refractivity contribution is 0.0939. The lowest BCUT2D eigenvalue weighted by Crippen LogP contribution is -2.31. The third kappa shape index (κ3) is 4.99. The van der Waals surface area contributed by atoms with E-state index in [1.54, 1.807) is 13.2 Å². The van der Waals surface area contributed by atoms with Crippen LogP contribution in [0.25, 0.3) is 0 Å². The molecule has 0 unspecified atom stereocenters. The van der Waals surface area contributed by atoms with Gasteiger partial charge in [-0.1, -0.05) is 13.0 Å². The minimum Gasteiger partial charge on any atom is -0.496 e. The summed E-state index contributed by atoms with van der Waals surface area (Å²) in [6, 6.07) is 11.6. The Hall–Kier alpha value is -2.49. The average Bonchev–Trinajstić information content (AvgIpc) is 2.62. The Morgan fingerprint density at radius 2 is 1.88 bits per heavy atom. The van der Waals surface area contributed by atoms with E-state index in [1.807, 2.05) is 44.2 Å². The fourth-order valence-electron chi connectivity index (χ4n) is 2.41. The van der Waals surface area contributed by atoms with Gasteiger partial charge in [0.05, 0.1) is 7.11 Å². The van der Waals surface area contributed by atoms with Crippen LogP contribution >= 0.6 is 0 Å². The van der Waals surface area contributed by atoms with Crippen molar-refractivity contribution in [1.82, 2.24) is 5.32 Å². The van der Waals surface area contributed by atoms with Crippen molar-refractivity contribution in [3.8, 4) is 11.5 Å². The maximum absolute atomic E-state index is 12.3. The molecule has 1 amide bonds. The zero-order chi connectivity index (χ0) is 18.4. The monoisotopic (exact) mass is 341 g/mol. The number of hydrogen-bond donors (Lipinski definition) is 1. The fraction of sp³-hybridized carbons (Fsp3) is 0.381. The van der Waals surface area contributed by atoms with Crippen LogP contribution in [0.4, 0.5) is 0 Å². The number of amides is 1. The van der Waals surface area contributed by atoms with Crippen LogP contribution < -0.4 is 14.8 Å². The molecule has 2 rings (SSSR count). The minimum atomic E-state index is -0.0792. The van der Waals surface area contributed by atoms with Gasteiger partial charge in [-0.3, -0.25) is 4.79 Å². The topological polar surface area (TPSA) is 47.6 Å². The molecule has 0 saturated carbocycles. The van der Waals surface area contributed by atoms with Crippen molar-refractivity contribution in [2.45, 2.75) is 46.8 Å². The lowest BCUT2D eigenvalue weighted by Gasteiger charge is -2.15. The maximum atomic E-state index is 12.3. The van der Waals surface area contributed by atoms with Crippen LogP contribution in [0, 0.1) is 13.8 Å². The van der Waals surface area contributed by atoms with Gasteiger partial charge in [0.15, 0.2) is 0 Å². The number of hydrogen-bond acceptors (Lipinski definition) is 3. The van der Waals surface area contributed by atoms with E-state index < -0.39 is 0 Å². The van der Waals surface area contributed by atoms with Crippen LogP contribution in [0.1, 0.15) is 47.3 Å². The number of rotatable bonds is 7. The first-order chi connectivity index (χ1) is 11.9. The second-order valence-corrected chi connectivity index (χ2v) is 6.34. The van der Waals surface area contributed by atoms with E-state index in [-0.39, 0.29) is 11.9 Å². The molecule has 4 heteroatoms. The summed E-state index contributed by atoms with van der Waals surface area (Å²) in [5, 5.41) is 2.98. The van der Waals surface area contributed by atoms with Crippen LogP contribution in [0.5, 0.6) is 11.5 Å². The quantitative estimate of drug-likeness (QED) is 0.811. The van der Waals surface area contributed by atoms with Gasteiger partial charge in [-0.15, -0.1) is 0 Å². The Kier molecular flexibility index (Phi) is 6.45. The summed E-state index contributed by atoms with van der Waals surface area (Å²) < 4.78 is 11.3. The molecule has 0 spiro atoms. The molecule has 0 aliphatic carbocycles. The highest BCUT2D eigenvalue weighted by Crippen LogP contribution is 2.23. The van der Waals surface area contributed by atoms with Crippen LogP contribution in [0.15, 0.2) is 36.4 Å². The molecule has 134 valence electrons. The molecule has 0 saturated heterocycles. The van der Waals surface area contributed by atoms with Gasteiger partial charge in [0.25, 0.3) is 5.91 Å². The van der Waals surface area contributed by atoms with E-state index >= 15 is 0 Å². The van der Waals surface area contributed by atoms with E-state index in [1.165, 1.54) is 11.1 Å². The van der Waals surface area contributed by atoms with Crippen molar-refractivity contribution >= 4 is 5.91 Å². The summed E-state index contributed by atoms with van der Waals surface area (Å²) in [7, 11) is 1.62. The standard InChI is InChI=1S/C21H27NO3/c1-6-16(4)22-21(23)17-8-10-20(24-5)18(12-17)13-25-19-9-7-14(2)15(3)11-19/h7-12,16H,6,13H2,1-5H3,(H,22,23)/t16-/m0/s1. The number of ether oxygens (including phenoxy) is 2. The van der Waals surface area contributed by atoms with Gasteiger partial charge < -0.3 is 14.8 Å². The lowest BCUT2D eigenvalue weighted by atomic mass is 10.1. The van der Waals surface area contributed by atoms with E-state index in [0.717, 1.165) is 17.7 Å². The summed E-state index contributed by atoms with van der Waals surface area (Å²) in [6.45, 7) is 8.51. The first-order valence-electron chi connectivity index (χ1n) is 8.62. The Labute approximate surface area is 150 Å². The molecular weight excluding hydrogens is 314 g/mol. The van der Waals surface area contributed by atoms with Crippen LogP contribution in [-0.2, 0) is 6.61 Å². The molecule has 0 heterocycles. The number of carbonyl (C=O) groups is 1. The van der Waals surface area contributed by atoms with Gasteiger partial charge >= 0.3 is 0 Å². The molecule has 0 fully saturated rings. The smallest absolute Gasteiger partial charge is 0.251 e. The summed E-state index contributed by atoms with van der Waals surface area (Å²) in [5.74, 6) is 1.44. The molecule has 1 N–H and O–H groups in total. The molecule has 2 aromatic rings. The number of carbonyl (C=O) groups excluding carboxylic acids is 1. The van der Waals surface area contributed by atoms with E-state index in [2.05, 4.69) is 19.2 Å². The molecule has 0 aromatic heterocycles. The molecule has 0 aliphatic heterocycles. The molecule has 4 nitrogen and oxygen atoms in total. The number of benzene rings is 2. The van der Waals surface area contributed by atoms with Gasteiger partial charge in [-0.2, -0.15) is 0 Å². The van der Waals surface area contributed by atoms with Crippen molar-refractivity contribution in [1.29, 1.82) is 0 Å². The zero-order valence-corrected chi connectivity index (χ0v) is 15.7. The maximum Gasteiger partial charge on any atom is 0.251 e. The second-order valence-electron chi connectivity index (χ2n) is 6.34. The first kappa shape index (κ1) is 18.8. The molecule has 0 radical (unpaired) electrons. The van der Waals surface area contributed by atoms with Crippen LogP contribution in [0.3, 0.4) is 0 Å². The molecule has 0 bridgehead atoms. The van der Waals surface area contributed by atoms with E-state index in [9.17, 15) is 4.79 Å². The SMILES string of the molecule is CC[C@H](C)NC(=O)c1ccc(OC)c(COc2ccc(C)c(C)c2)c1. The van der Waals surface area contributed by atoms with Crippen molar-refractivity contribution in [2.75, 3.05) is 7.11 Å². The Morgan fingerprint density at radius 1 is 1.12 bits per heavy atom. The van der Waals surface area contributed by atoms with Crippen LogP contribution in [0.2, 0.25) is 0 Å². The summed E-state index contributed by atoms with van der Waals surface area (Å²) in [4.78, 5) is 12.3. The summed E-state index contributed by atoms with van der Waals surface area (Å²) >= 11 is 0. The Morgan fingerprint density at radius 3 is 2.52 bits per heavy atom. The van der Waals surface area contributed by atoms with Crippen LogP contribution in [-0.4, -0.2) is 19.1 Å². The van der Waals surface area contributed by atoms with Gasteiger partial charge in [0.2, 0.25) is 0 Å². The Bertz CT molecular complexity index is 740. The normalized spacial score (nSPS) is 11.7. The summed E-state index contributed by atoms with van der Waals surface area (Å²) in [5.41, 5.74) is 3.87. The van der Waals surface area contributed by atoms with Gasteiger partial charge in [0, 0.05) is 17.2 Å². The number of methoxy groups -OCH3 is 1. The predicted octanol–water partition coefficient (Wildman–Crippen LogP) is 4.42. The highest BCUT2D eigenvalue weighted by molar-refractivity contribution is 5.94.